The van der Waals surface area contributed by atoms with E-state index in [1.165, 1.54) is 25.7 Å². The Bertz CT molecular complexity index is 1100. The zero-order chi connectivity index (χ0) is 39.3. The highest BCUT2D eigenvalue weighted by Gasteiger charge is 2.31. The summed E-state index contributed by atoms with van der Waals surface area (Å²) in [6.45, 7) is 4.51. The van der Waals surface area contributed by atoms with Crippen LogP contribution < -0.4 is 0 Å². The van der Waals surface area contributed by atoms with Gasteiger partial charge in [-0.15, -0.1) is 0 Å². The first-order valence-electron chi connectivity index (χ1n) is 20.5. The average Bonchev–Trinajstić information content (AvgIpc) is 3.11. The summed E-state index contributed by atoms with van der Waals surface area (Å²) in [6, 6.07) is -0.620. The number of carbonyl (C=O) groups is 3. The molecule has 53 heavy (non-hydrogen) atoms. The Hall–Kier alpha value is -3.23. The van der Waals surface area contributed by atoms with Gasteiger partial charge in [-0.2, -0.15) is 0 Å². The van der Waals surface area contributed by atoms with Crippen molar-refractivity contribution in [3.8, 4) is 0 Å². The maximum atomic E-state index is 12.6. The smallest absolute Gasteiger partial charge is 0.362 e. The van der Waals surface area contributed by atoms with Crippen LogP contribution in [0, 0.1) is 0 Å². The maximum Gasteiger partial charge on any atom is 0.362 e. The number of rotatable bonds is 35. The number of carboxylic acid groups (broad SMARTS) is 1. The first-order chi connectivity index (χ1) is 25.6. The summed E-state index contributed by atoms with van der Waals surface area (Å²) in [6.07, 6.45) is 43.9. The third kappa shape index (κ3) is 34.3. The number of ether oxygens (including phenoxy) is 3. The zero-order valence-electron chi connectivity index (χ0n) is 34.2. The molecule has 8 nitrogen and oxygen atoms in total. The van der Waals surface area contributed by atoms with Crippen molar-refractivity contribution in [2.45, 2.75) is 154 Å². The van der Waals surface area contributed by atoms with Crippen molar-refractivity contribution in [3.63, 3.8) is 0 Å². The molecule has 0 amide bonds. The molecule has 0 saturated carbocycles. The first-order valence-corrected chi connectivity index (χ1v) is 20.5. The Kier molecular flexibility index (Phi) is 33.6. The van der Waals surface area contributed by atoms with E-state index in [0.29, 0.717) is 19.3 Å². The van der Waals surface area contributed by atoms with E-state index in [9.17, 15) is 19.5 Å². The molecule has 0 aromatic rings. The van der Waals surface area contributed by atoms with E-state index in [0.717, 1.165) is 83.5 Å². The molecule has 1 N–H and O–H groups in total. The van der Waals surface area contributed by atoms with Gasteiger partial charge in [0.15, 0.2) is 12.1 Å². The van der Waals surface area contributed by atoms with Gasteiger partial charge in [0.1, 0.15) is 6.61 Å². The molecular weight excluding hydrogens is 666 g/mol. The number of hydrogen-bond donors (Lipinski definition) is 1. The molecule has 0 aromatic heterocycles. The largest absolute Gasteiger partial charge is 0.477 e. The Labute approximate surface area is 323 Å². The van der Waals surface area contributed by atoms with Gasteiger partial charge < -0.3 is 23.8 Å². The number of aliphatic carboxylic acids is 1. The average molecular weight is 743 g/mol. The SMILES string of the molecule is CC/C=C/C/C=C/C/C=C/C/C=C/C/C=C/C/C=C/CCCCCC(=O)OCC(COCCC(C(=O)O)[N+](C)(C)C)OC(=O)CCCCCCCCC. The van der Waals surface area contributed by atoms with Gasteiger partial charge in [-0.3, -0.25) is 9.59 Å². The number of hydrogen-bond acceptors (Lipinski definition) is 6. The van der Waals surface area contributed by atoms with Crippen molar-refractivity contribution in [2.75, 3.05) is 41.0 Å². The van der Waals surface area contributed by atoms with Gasteiger partial charge in [0.2, 0.25) is 0 Å². The van der Waals surface area contributed by atoms with E-state index in [-0.39, 0.29) is 36.2 Å². The summed E-state index contributed by atoms with van der Waals surface area (Å²) in [4.78, 5) is 36.7. The molecule has 0 bridgehead atoms. The molecule has 0 radical (unpaired) electrons. The Balaban J connectivity index is 4.32. The predicted octanol–water partition coefficient (Wildman–Crippen LogP) is 10.8. The van der Waals surface area contributed by atoms with Crippen LogP contribution >= 0.6 is 0 Å². The second kappa shape index (κ2) is 35.8. The molecule has 0 aliphatic carbocycles. The van der Waals surface area contributed by atoms with Crippen LogP contribution in [0.25, 0.3) is 0 Å². The lowest BCUT2D eigenvalue weighted by Gasteiger charge is -2.31. The van der Waals surface area contributed by atoms with Crippen LogP contribution in [-0.2, 0) is 28.6 Å². The van der Waals surface area contributed by atoms with Crippen LogP contribution in [0.3, 0.4) is 0 Å². The van der Waals surface area contributed by atoms with Gasteiger partial charge in [0.25, 0.3) is 0 Å². The normalized spacial score (nSPS) is 13.8. The fourth-order valence-electron chi connectivity index (χ4n) is 5.45. The van der Waals surface area contributed by atoms with Gasteiger partial charge in [0.05, 0.1) is 34.4 Å². The minimum Gasteiger partial charge on any atom is -0.477 e. The number of allylic oxidation sites excluding steroid dienone is 12. The lowest BCUT2D eigenvalue weighted by Crippen LogP contribution is -2.50. The van der Waals surface area contributed by atoms with Crippen molar-refractivity contribution in [1.29, 1.82) is 0 Å². The molecule has 2 unspecified atom stereocenters. The van der Waals surface area contributed by atoms with Crippen molar-refractivity contribution in [2.24, 2.45) is 0 Å². The lowest BCUT2D eigenvalue weighted by atomic mass is 10.1. The molecule has 0 rings (SSSR count). The highest BCUT2D eigenvalue weighted by atomic mass is 16.6. The van der Waals surface area contributed by atoms with Crippen LogP contribution in [0.15, 0.2) is 72.9 Å². The van der Waals surface area contributed by atoms with E-state index < -0.39 is 18.1 Å². The van der Waals surface area contributed by atoms with Crippen molar-refractivity contribution >= 4 is 17.9 Å². The van der Waals surface area contributed by atoms with Crippen molar-refractivity contribution in [1.82, 2.24) is 0 Å². The van der Waals surface area contributed by atoms with E-state index in [1.807, 2.05) is 21.1 Å². The molecule has 2 atom stereocenters. The van der Waals surface area contributed by atoms with Gasteiger partial charge in [-0.25, -0.2) is 4.79 Å². The number of likely N-dealkylation sites (N-methyl/N-ethyl adjacent to an activating group) is 1. The van der Waals surface area contributed by atoms with Gasteiger partial charge in [0, 0.05) is 19.3 Å². The lowest BCUT2D eigenvalue weighted by molar-refractivity contribution is -0.887. The van der Waals surface area contributed by atoms with Crippen molar-refractivity contribution < 1.29 is 38.2 Å². The first kappa shape index (κ1) is 49.8. The topological polar surface area (TPSA) is 99.1 Å². The maximum absolute atomic E-state index is 12.6. The van der Waals surface area contributed by atoms with Crippen LogP contribution in [0.5, 0.6) is 0 Å². The molecule has 0 saturated heterocycles. The summed E-state index contributed by atoms with van der Waals surface area (Å²) >= 11 is 0. The number of carbonyl (C=O) groups excluding carboxylic acids is 2. The number of esters is 2. The van der Waals surface area contributed by atoms with E-state index >= 15 is 0 Å². The van der Waals surface area contributed by atoms with Crippen LogP contribution in [0.4, 0.5) is 0 Å². The number of carboxylic acids is 1. The summed E-state index contributed by atoms with van der Waals surface area (Å²) in [7, 11) is 5.49. The summed E-state index contributed by atoms with van der Waals surface area (Å²) in [5.41, 5.74) is 0. The standard InChI is InChI=1S/C45H75NO7/c1-6-8-10-12-14-15-16-17-18-19-20-21-22-23-24-25-26-27-28-30-31-33-35-43(47)52-40-41(39-51-38-37-42(45(49)50)46(3,4)5)53-44(48)36-34-32-29-13-11-9-7-2/h8,10,14-15,17-18,20-21,23-24,26-27,41-42H,6-7,9,11-13,16,19,22,25,28-40H2,1-5H3/p+1/b10-8+,15-14+,18-17+,21-20+,24-23+,27-26+. The monoisotopic (exact) mass is 743 g/mol. The van der Waals surface area contributed by atoms with Crippen LogP contribution in [0.1, 0.15) is 142 Å². The molecule has 302 valence electrons. The molecule has 0 fully saturated rings. The predicted molar refractivity (Wildman–Crippen MR) is 220 cm³/mol. The second-order valence-electron chi connectivity index (χ2n) is 14.5. The summed E-state index contributed by atoms with van der Waals surface area (Å²) in [5, 5.41) is 9.57. The van der Waals surface area contributed by atoms with E-state index in [4.69, 9.17) is 14.2 Å². The van der Waals surface area contributed by atoms with Gasteiger partial charge in [-0.05, 0) is 64.2 Å². The molecule has 0 heterocycles. The number of quaternary nitrogens is 1. The quantitative estimate of drug-likeness (QED) is 0.0299. The molecule has 0 aromatic carbocycles. The van der Waals surface area contributed by atoms with Gasteiger partial charge >= 0.3 is 17.9 Å². The zero-order valence-corrected chi connectivity index (χ0v) is 34.2. The molecule has 8 heteroatoms. The van der Waals surface area contributed by atoms with Crippen molar-refractivity contribution in [3.05, 3.63) is 72.9 Å². The summed E-state index contributed by atoms with van der Waals surface area (Å²) < 4.78 is 17.1. The second-order valence-corrected chi connectivity index (χ2v) is 14.5. The fraction of sp³-hybridized carbons (Fsp3) is 0.667. The van der Waals surface area contributed by atoms with E-state index in [2.05, 4.69) is 86.8 Å². The molecule has 0 spiro atoms. The molecule has 0 aliphatic rings. The third-order valence-electron chi connectivity index (χ3n) is 8.62. The Morgan fingerprint density at radius 1 is 0.585 bits per heavy atom. The fourth-order valence-corrected chi connectivity index (χ4v) is 5.45. The minimum absolute atomic E-state index is 0.0471. The van der Waals surface area contributed by atoms with Crippen LogP contribution in [-0.4, -0.2) is 80.6 Å². The highest BCUT2D eigenvalue weighted by Crippen LogP contribution is 2.12. The molecule has 0 aliphatic heterocycles. The highest BCUT2D eigenvalue weighted by molar-refractivity contribution is 5.72. The number of nitrogens with zero attached hydrogens (tertiary/aromatic N) is 1. The minimum atomic E-state index is -0.884. The van der Waals surface area contributed by atoms with Crippen LogP contribution in [0.2, 0.25) is 0 Å². The summed E-state index contributed by atoms with van der Waals surface area (Å²) in [5.74, 6) is -1.53. The Morgan fingerprint density at radius 3 is 1.57 bits per heavy atom. The third-order valence-corrected chi connectivity index (χ3v) is 8.62. The number of unbranched alkanes of at least 4 members (excludes halogenated alkanes) is 9. The Morgan fingerprint density at radius 2 is 1.06 bits per heavy atom. The molecular formula is C45H76NO7+. The van der Waals surface area contributed by atoms with E-state index in [1.54, 1.807) is 0 Å². The van der Waals surface area contributed by atoms with Gasteiger partial charge in [-0.1, -0.05) is 132 Å².